The van der Waals surface area contributed by atoms with Crippen LogP contribution in [0.25, 0.3) is 11.1 Å². The Hall–Kier alpha value is -3.21. The van der Waals surface area contributed by atoms with Gasteiger partial charge in [0.2, 0.25) is 0 Å². The first-order valence-corrected chi connectivity index (χ1v) is 9.67. The third-order valence-electron chi connectivity index (χ3n) is 5.63. The molecule has 1 aliphatic rings. The van der Waals surface area contributed by atoms with E-state index in [0.717, 1.165) is 28.8 Å². The smallest absolute Gasteiger partial charge is 0.295 e. The first-order valence-electron chi connectivity index (χ1n) is 9.67. The SMILES string of the molecule is CC(=O)c1ccc(CC2Cc3c(cccc3-c3ccc(C(F)(F)F)cc3)C2=O)cc1. The zero-order chi connectivity index (χ0) is 21.5. The Bertz CT molecular complexity index is 1110. The average Bonchev–Trinajstić information content (AvgIpc) is 3.03. The van der Waals surface area contributed by atoms with Gasteiger partial charge < -0.3 is 0 Å². The quantitative estimate of drug-likeness (QED) is 0.484. The number of hydrogen-bond donors (Lipinski definition) is 0. The molecule has 0 saturated carbocycles. The summed E-state index contributed by atoms with van der Waals surface area (Å²) >= 11 is 0. The van der Waals surface area contributed by atoms with Gasteiger partial charge in [-0.1, -0.05) is 54.6 Å². The molecule has 3 aromatic carbocycles. The van der Waals surface area contributed by atoms with Crippen LogP contribution >= 0.6 is 0 Å². The van der Waals surface area contributed by atoms with Crippen molar-refractivity contribution in [1.29, 1.82) is 0 Å². The summed E-state index contributed by atoms with van der Waals surface area (Å²) in [6, 6.07) is 17.7. The van der Waals surface area contributed by atoms with E-state index in [1.165, 1.54) is 19.1 Å². The van der Waals surface area contributed by atoms with Crippen molar-refractivity contribution < 1.29 is 22.8 Å². The molecule has 2 nitrogen and oxygen atoms in total. The molecule has 0 spiro atoms. The molecule has 4 rings (SSSR count). The van der Waals surface area contributed by atoms with Crippen molar-refractivity contribution in [2.75, 3.05) is 0 Å². The van der Waals surface area contributed by atoms with Crippen molar-refractivity contribution in [3.8, 4) is 11.1 Å². The van der Waals surface area contributed by atoms with Crippen LogP contribution in [0.3, 0.4) is 0 Å². The Kier molecular flexibility index (Phi) is 5.06. The molecule has 0 heterocycles. The lowest BCUT2D eigenvalue weighted by atomic mass is 9.93. The summed E-state index contributed by atoms with van der Waals surface area (Å²) in [5, 5.41) is 0. The first kappa shape index (κ1) is 20.1. The molecule has 30 heavy (non-hydrogen) atoms. The van der Waals surface area contributed by atoms with Crippen molar-refractivity contribution in [1.82, 2.24) is 0 Å². The van der Waals surface area contributed by atoms with Gasteiger partial charge in [-0.15, -0.1) is 0 Å². The number of alkyl halides is 3. The van der Waals surface area contributed by atoms with Crippen LogP contribution in [0.4, 0.5) is 13.2 Å². The lowest BCUT2D eigenvalue weighted by molar-refractivity contribution is -0.137. The summed E-state index contributed by atoms with van der Waals surface area (Å²) in [6.07, 6.45) is -3.28. The number of Topliss-reactive ketones (excluding diaryl/α,β-unsaturated/α-hetero) is 2. The molecule has 3 aromatic rings. The van der Waals surface area contributed by atoms with Crippen LogP contribution in [0.2, 0.25) is 0 Å². The minimum atomic E-state index is -4.38. The number of carbonyl (C=O) groups excluding carboxylic acids is 2. The summed E-state index contributed by atoms with van der Waals surface area (Å²) in [5.41, 5.74) is 3.89. The van der Waals surface area contributed by atoms with Crippen LogP contribution in [0, 0.1) is 5.92 Å². The van der Waals surface area contributed by atoms with E-state index < -0.39 is 11.7 Å². The van der Waals surface area contributed by atoms with Crippen molar-refractivity contribution >= 4 is 11.6 Å². The lowest BCUT2D eigenvalue weighted by Gasteiger charge is -2.11. The predicted molar refractivity (Wildman–Crippen MR) is 109 cm³/mol. The molecule has 0 aromatic heterocycles. The number of benzene rings is 3. The third kappa shape index (κ3) is 3.80. The minimum absolute atomic E-state index is 0.00733. The van der Waals surface area contributed by atoms with Gasteiger partial charge in [-0.05, 0) is 54.2 Å². The standard InChI is InChI=1S/C25H19F3O2/c1-15(29)17-7-5-16(6-8-17)13-19-14-23-21(3-2-4-22(23)24(19)30)18-9-11-20(12-10-18)25(26,27)28/h2-12,19H,13-14H2,1H3. The summed E-state index contributed by atoms with van der Waals surface area (Å²) in [5.74, 6) is -0.180. The number of fused-ring (bicyclic) bond motifs is 1. The molecule has 0 aliphatic heterocycles. The van der Waals surface area contributed by atoms with Crippen LogP contribution in [-0.2, 0) is 19.0 Å². The molecule has 0 bridgehead atoms. The van der Waals surface area contributed by atoms with Crippen molar-refractivity contribution in [2.24, 2.45) is 5.92 Å². The van der Waals surface area contributed by atoms with E-state index in [9.17, 15) is 22.8 Å². The number of hydrogen-bond acceptors (Lipinski definition) is 2. The van der Waals surface area contributed by atoms with Gasteiger partial charge in [-0.3, -0.25) is 9.59 Å². The topological polar surface area (TPSA) is 34.1 Å². The summed E-state index contributed by atoms with van der Waals surface area (Å²) in [4.78, 5) is 24.4. The maximum Gasteiger partial charge on any atom is 0.416 e. The van der Waals surface area contributed by atoms with Crippen LogP contribution in [-0.4, -0.2) is 11.6 Å². The molecule has 1 aliphatic carbocycles. The maximum atomic E-state index is 12.9. The van der Waals surface area contributed by atoms with Crippen molar-refractivity contribution in [3.63, 3.8) is 0 Å². The highest BCUT2D eigenvalue weighted by Gasteiger charge is 2.33. The van der Waals surface area contributed by atoms with Gasteiger partial charge in [-0.25, -0.2) is 0 Å². The van der Waals surface area contributed by atoms with E-state index in [4.69, 9.17) is 0 Å². The van der Waals surface area contributed by atoms with Gasteiger partial charge >= 0.3 is 6.18 Å². The monoisotopic (exact) mass is 408 g/mol. The van der Waals surface area contributed by atoms with E-state index in [1.807, 2.05) is 18.2 Å². The van der Waals surface area contributed by atoms with Crippen LogP contribution in [0.5, 0.6) is 0 Å². The van der Waals surface area contributed by atoms with E-state index in [2.05, 4.69) is 0 Å². The van der Waals surface area contributed by atoms with Gasteiger partial charge in [0, 0.05) is 17.0 Å². The van der Waals surface area contributed by atoms with Crippen LogP contribution < -0.4 is 0 Å². The fourth-order valence-corrected chi connectivity index (χ4v) is 4.03. The Labute approximate surface area is 172 Å². The minimum Gasteiger partial charge on any atom is -0.295 e. The zero-order valence-corrected chi connectivity index (χ0v) is 16.3. The molecular formula is C25H19F3O2. The fraction of sp³-hybridized carbons (Fsp3) is 0.200. The molecule has 0 fully saturated rings. The molecule has 1 unspecified atom stereocenters. The highest BCUT2D eigenvalue weighted by molar-refractivity contribution is 6.04. The summed E-state index contributed by atoms with van der Waals surface area (Å²) in [7, 11) is 0. The number of carbonyl (C=O) groups is 2. The molecule has 1 atom stereocenters. The molecule has 0 N–H and O–H groups in total. The normalized spacial score (nSPS) is 15.9. The van der Waals surface area contributed by atoms with Crippen LogP contribution in [0.1, 0.15) is 44.3 Å². The van der Waals surface area contributed by atoms with Crippen molar-refractivity contribution in [3.05, 3.63) is 94.5 Å². The second kappa shape index (κ2) is 7.56. The second-order valence-electron chi connectivity index (χ2n) is 7.63. The lowest BCUT2D eigenvalue weighted by Crippen LogP contribution is -2.12. The van der Waals surface area contributed by atoms with Gasteiger partial charge in [0.15, 0.2) is 11.6 Å². The van der Waals surface area contributed by atoms with E-state index in [1.54, 1.807) is 24.3 Å². The van der Waals surface area contributed by atoms with Gasteiger partial charge in [0.25, 0.3) is 0 Å². The van der Waals surface area contributed by atoms with Crippen LogP contribution in [0.15, 0.2) is 66.7 Å². The highest BCUT2D eigenvalue weighted by atomic mass is 19.4. The number of ketones is 2. The number of rotatable bonds is 4. The Morgan fingerprint density at radius 3 is 2.17 bits per heavy atom. The van der Waals surface area contributed by atoms with E-state index >= 15 is 0 Å². The van der Waals surface area contributed by atoms with Gasteiger partial charge in [0.1, 0.15) is 0 Å². The Morgan fingerprint density at radius 2 is 1.57 bits per heavy atom. The van der Waals surface area contributed by atoms with E-state index in [-0.39, 0.29) is 17.5 Å². The molecular weight excluding hydrogens is 389 g/mol. The van der Waals surface area contributed by atoms with Crippen molar-refractivity contribution in [2.45, 2.75) is 25.9 Å². The Morgan fingerprint density at radius 1 is 0.933 bits per heavy atom. The Balaban J connectivity index is 1.60. The predicted octanol–water partition coefficient (Wildman–Crippen LogP) is 6.17. The first-order chi connectivity index (χ1) is 14.2. The van der Waals surface area contributed by atoms with Gasteiger partial charge in [-0.2, -0.15) is 13.2 Å². The van der Waals surface area contributed by atoms with Gasteiger partial charge in [0.05, 0.1) is 5.56 Å². The molecule has 0 radical (unpaired) electrons. The fourth-order valence-electron chi connectivity index (χ4n) is 4.03. The zero-order valence-electron chi connectivity index (χ0n) is 16.3. The second-order valence-corrected chi connectivity index (χ2v) is 7.63. The maximum absolute atomic E-state index is 12.9. The molecule has 0 saturated heterocycles. The average molecular weight is 408 g/mol. The van der Waals surface area contributed by atoms with E-state index in [0.29, 0.717) is 29.5 Å². The summed E-state index contributed by atoms with van der Waals surface area (Å²) < 4.78 is 38.6. The molecule has 5 heteroatoms. The largest absolute Gasteiger partial charge is 0.416 e. The number of halogens is 3. The third-order valence-corrected chi connectivity index (χ3v) is 5.63. The molecule has 0 amide bonds. The molecule has 152 valence electrons. The highest BCUT2D eigenvalue weighted by Crippen LogP contribution is 2.37. The summed E-state index contributed by atoms with van der Waals surface area (Å²) in [6.45, 7) is 1.51.